The molecule has 12 heteroatoms. The Morgan fingerprint density at radius 3 is 1.27 bits per heavy atom. The molecule has 3 aliphatic rings. The molecule has 2 fully saturated rings. The molecule has 3 aliphatic heterocycles. The van der Waals surface area contributed by atoms with E-state index in [4.69, 9.17) is 18.7 Å². The average Bonchev–Trinajstić information content (AvgIpc) is 3.36. The number of morpholine rings is 2. The monoisotopic (exact) mass is 364 g/mol. The van der Waals surface area contributed by atoms with Gasteiger partial charge in [0, 0.05) is 26.2 Å². The van der Waals surface area contributed by atoms with E-state index in [1.165, 1.54) is 0 Å². The van der Waals surface area contributed by atoms with Gasteiger partial charge in [-0.05, 0) is 20.6 Å². The topological polar surface area (TPSA) is 109 Å². The molecule has 0 N–H and O–H groups in total. The number of nitrogens with zero attached hydrogens (tertiary/aromatic N) is 8. The Kier molecular flexibility index (Phi) is 4.16. The van der Waals surface area contributed by atoms with E-state index in [2.05, 4.69) is 30.4 Å². The van der Waals surface area contributed by atoms with E-state index in [1.54, 1.807) is 0 Å². The van der Waals surface area contributed by atoms with Gasteiger partial charge in [0.25, 0.3) is 0 Å². The quantitative estimate of drug-likeness (QED) is 0.705. The largest absolute Gasteiger partial charge is 0.379 e. The van der Waals surface area contributed by atoms with Crippen LogP contribution in [-0.4, -0.2) is 96.4 Å². The van der Waals surface area contributed by atoms with Gasteiger partial charge in [-0.1, -0.05) is 0 Å². The van der Waals surface area contributed by atoms with Crippen molar-refractivity contribution in [3.05, 3.63) is 0 Å². The fourth-order valence-electron chi connectivity index (χ4n) is 3.39. The van der Waals surface area contributed by atoms with E-state index in [1.807, 2.05) is 9.80 Å². The molecule has 0 spiro atoms. The highest BCUT2D eigenvalue weighted by Crippen LogP contribution is 2.44. The molecule has 5 heterocycles. The summed E-state index contributed by atoms with van der Waals surface area (Å²) < 4.78 is 20.9. The number of anilines is 4. The van der Waals surface area contributed by atoms with E-state index in [9.17, 15) is 0 Å². The van der Waals surface area contributed by atoms with Crippen LogP contribution in [0.15, 0.2) is 9.26 Å². The van der Waals surface area contributed by atoms with Gasteiger partial charge in [0.1, 0.15) is 0 Å². The summed E-state index contributed by atoms with van der Waals surface area (Å²) in [6, 6.07) is 0. The van der Waals surface area contributed by atoms with Crippen molar-refractivity contribution in [2.75, 3.05) is 75.7 Å². The lowest BCUT2D eigenvalue weighted by atomic mass is 10.3. The summed E-state index contributed by atoms with van der Waals surface area (Å²) in [4.78, 5) is 8.38. The lowest BCUT2D eigenvalue weighted by molar-refractivity contribution is 0.0382. The molecule has 2 saturated heterocycles. The van der Waals surface area contributed by atoms with Gasteiger partial charge < -0.3 is 9.47 Å². The Hall–Kier alpha value is -2.28. The van der Waals surface area contributed by atoms with Crippen LogP contribution in [0.4, 0.5) is 23.3 Å². The fraction of sp³-hybridized carbons (Fsp3) is 0.714. The van der Waals surface area contributed by atoms with Crippen LogP contribution in [-0.2, 0) is 9.47 Å². The lowest BCUT2D eigenvalue weighted by Gasteiger charge is -2.37. The molecule has 12 nitrogen and oxygen atoms in total. The molecular weight excluding hydrogens is 344 g/mol. The Labute approximate surface area is 149 Å². The number of aromatic nitrogens is 4. The van der Waals surface area contributed by atoms with Crippen molar-refractivity contribution in [3.8, 4) is 0 Å². The maximum Gasteiger partial charge on any atom is 0.225 e. The van der Waals surface area contributed by atoms with Gasteiger partial charge in [-0.25, -0.2) is 9.26 Å². The first-order valence-corrected chi connectivity index (χ1v) is 8.70. The molecule has 0 bridgehead atoms. The van der Waals surface area contributed by atoms with E-state index >= 15 is 0 Å². The van der Waals surface area contributed by atoms with Crippen molar-refractivity contribution in [2.24, 2.45) is 0 Å². The summed E-state index contributed by atoms with van der Waals surface area (Å²) >= 11 is 0. The van der Waals surface area contributed by atoms with Crippen LogP contribution in [0, 0.1) is 0 Å². The molecule has 0 unspecified atom stereocenters. The van der Waals surface area contributed by atoms with E-state index in [0.29, 0.717) is 63.0 Å². The minimum absolute atomic E-state index is 0.594. The van der Waals surface area contributed by atoms with Gasteiger partial charge >= 0.3 is 0 Å². The Morgan fingerprint density at radius 2 is 0.923 bits per heavy atom. The van der Waals surface area contributed by atoms with Gasteiger partial charge in [0.05, 0.1) is 39.8 Å². The molecular formula is C14H20N8O4. The van der Waals surface area contributed by atoms with Gasteiger partial charge in [-0.15, -0.1) is 0 Å². The van der Waals surface area contributed by atoms with Gasteiger partial charge in [0.15, 0.2) is 0 Å². The number of fused-ring (bicyclic) bond motifs is 2. The first kappa shape index (κ1) is 15.9. The van der Waals surface area contributed by atoms with Gasteiger partial charge in [-0.3, -0.25) is 19.6 Å². The second-order valence-electron chi connectivity index (χ2n) is 6.42. The standard InChI is InChI=1S/C14H20N8O4/c1-5-23-6-2-19(1)9-21-11-13(17-25-15-11)22(14-12(21)16-26-18-14)10-20-3-7-24-8-4-20/h1-10H2. The molecule has 140 valence electrons. The number of hydrogen-bond donors (Lipinski definition) is 0. The zero-order valence-corrected chi connectivity index (χ0v) is 14.3. The maximum atomic E-state index is 5.42. The summed E-state index contributed by atoms with van der Waals surface area (Å²) in [7, 11) is 0. The summed E-state index contributed by atoms with van der Waals surface area (Å²) in [5.74, 6) is 2.47. The first-order chi connectivity index (χ1) is 12.9. The molecule has 2 aromatic heterocycles. The predicted molar refractivity (Wildman–Crippen MR) is 87.4 cm³/mol. The minimum Gasteiger partial charge on any atom is -0.379 e. The molecule has 5 rings (SSSR count). The Balaban J connectivity index is 1.43. The van der Waals surface area contributed by atoms with Crippen LogP contribution < -0.4 is 9.80 Å². The lowest BCUT2D eigenvalue weighted by Crippen LogP contribution is -2.46. The molecule has 0 atom stereocenters. The molecule has 0 aromatic carbocycles. The van der Waals surface area contributed by atoms with Crippen LogP contribution in [0.25, 0.3) is 0 Å². The highest BCUT2D eigenvalue weighted by atomic mass is 16.6. The van der Waals surface area contributed by atoms with Crippen molar-refractivity contribution in [1.82, 2.24) is 30.4 Å². The highest BCUT2D eigenvalue weighted by Gasteiger charge is 2.39. The minimum atomic E-state index is 0.594. The summed E-state index contributed by atoms with van der Waals surface area (Å²) in [5.41, 5.74) is 0. The number of ether oxygens (including phenoxy) is 2. The number of rotatable bonds is 4. The SMILES string of the molecule is C1CN(CN2c3nonc3N(CN3CCOCC3)c3nonc32)CCO1. The first-order valence-electron chi connectivity index (χ1n) is 8.70. The van der Waals surface area contributed by atoms with E-state index < -0.39 is 0 Å². The third-order valence-corrected chi connectivity index (χ3v) is 4.82. The Bertz CT molecular complexity index is 640. The average molecular weight is 364 g/mol. The van der Waals surface area contributed by atoms with Crippen molar-refractivity contribution in [3.63, 3.8) is 0 Å². The normalized spacial score (nSPS) is 21.7. The van der Waals surface area contributed by atoms with E-state index in [-0.39, 0.29) is 0 Å². The van der Waals surface area contributed by atoms with Crippen molar-refractivity contribution in [2.45, 2.75) is 0 Å². The van der Waals surface area contributed by atoms with Crippen LogP contribution in [0.5, 0.6) is 0 Å². The fourth-order valence-corrected chi connectivity index (χ4v) is 3.39. The van der Waals surface area contributed by atoms with Crippen LogP contribution in [0.1, 0.15) is 0 Å². The smallest absolute Gasteiger partial charge is 0.225 e. The van der Waals surface area contributed by atoms with Gasteiger partial charge in [-0.2, -0.15) is 0 Å². The Morgan fingerprint density at radius 1 is 0.577 bits per heavy atom. The molecule has 0 radical (unpaired) electrons. The second kappa shape index (κ2) is 6.79. The number of hydrogen-bond acceptors (Lipinski definition) is 12. The van der Waals surface area contributed by atoms with E-state index in [0.717, 1.165) is 26.2 Å². The third-order valence-electron chi connectivity index (χ3n) is 4.82. The second-order valence-corrected chi connectivity index (χ2v) is 6.42. The van der Waals surface area contributed by atoms with Crippen molar-refractivity contribution in [1.29, 1.82) is 0 Å². The molecule has 0 amide bonds. The third kappa shape index (κ3) is 2.80. The maximum absolute atomic E-state index is 5.42. The zero-order chi connectivity index (χ0) is 17.3. The molecule has 0 saturated carbocycles. The van der Waals surface area contributed by atoms with Gasteiger partial charge in [0.2, 0.25) is 23.3 Å². The van der Waals surface area contributed by atoms with Crippen LogP contribution >= 0.6 is 0 Å². The van der Waals surface area contributed by atoms with Crippen LogP contribution in [0.2, 0.25) is 0 Å². The predicted octanol–water partition coefficient (Wildman–Crippen LogP) is -0.378. The highest BCUT2D eigenvalue weighted by molar-refractivity contribution is 5.84. The molecule has 2 aromatic rings. The zero-order valence-electron chi connectivity index (χ0n) is 14.3. The summed E-state index contributed by atoms with van der Waals surface area (Å²) in [6.45, 7) is 7.41. The van der Waals surface area contributed by atoms with Crippen LogP contribution in [0.3, 0.4) is 0 Å². The molecule has 0 aliphatic carbocycles. The molecule has 26 heavy (non-hydrogen) atoms. The summed E-state index contributed by atoms with van der Waals surface area (Å²) in [6.07, 6.45) is 0. The summed E-state index contributed by atoms with van der Waals surface area (Å²) in [5, 5.41) is 16.5. The van der Waals surface area contributed by atoms with Crippen molar-refractivity contribution < 1.29 is 18.7 Å². The van der Waals surface area contributed by atoms with Crippen molar-refractivity contribution >= 4 is 23.3 Å².